The number of halogens is 1. The van der Waals surface area contributed by atoms with Gasteiger partial charge in [-0.25, -0.2) is 9.37 Å². The lowest BCUT2D eigenvalue weighted by Crippen LogP contribution is -2.20. The van der Waals surface area contributed by atoms with E-state index in [2.05, 4.69) is 35.5 Å². The molecule has 6 heterocycles. The third kappa shape index (κ3) is 4.03. The summed E-state index contributed by atoms with van der Waals surface area (Å²) in [4.78, 5) is 21.1. The van der Waals surface area contributed by atoms with Gasteiger partial charge in [-0.15, -0.1) is 0 Å². The third-order valence-corrected chi connectivity index (χ3v) is 7.30. The van der Waals surface area contributed by atoms with Crippen LogP contribution in [0.5, 0.6) is 0 Å². The van der Waals surface area contributed by atoms with Gasteiger partial charge >= 0.3 is 0 Å². The molecule has 0 bridgehead atoms. The number of aromatic nitrogens is 7. The Labute approximate surface area is 217 Å². The number of aromatic amines is 2. The number of imidazole rings is 1. The van der Waals surface area contributed by atoms with Crippen LogP contribution < -0.4 is 5.32 Å². The summed E-state index contributed by atoms with van der Waals surface area (Å²) in [7, 11) is 0. The number of H-pyrrole nitrogens is 2. The van der Waals surface area contributed by atoms with Crippen molar-refractivity contribution >= 4 is 21.9 Å². The molecule has 0 spiro atoms. The maximum atomic E-state index is 16.0. The molecule has 0 aliphatic heterocycles. The molecule has 10 heteroatoms. The molecule has 0 saturated heterocycles. The zero-order valence-electron chi connectivity index (χ0n) is 20.5. The van der Waals surface area contributed by atoms with Crippen molar-refractivity contribution in [2.75, 3.05) is 6.54 Å². The van der Waals surface area contributed by atoms with Crippen LogP contribution in [0.4, 0.5) is 4.39 Å². The summed E-state index contributed by atoms with van der Waals surface area (Å²) in [5.41, 5.74) is 5.77. The van der Waals surface area contributed by atoms with E-state index in [1.165, 1.54) is 25.7 Å². The standard InChI is InChI=1S/C28H25FN8O/c29-24-23-21(14-33-25(24)19-7-17(10-31-11-19)9-30-8-16-3-1-2-4-16)36-37-27(23)28-34-22-13-32-12-20(26(22)35-28)18-5-6-38-15-18/h5-7,10-16,30H,1-4,8-9H2,(H,34,35)(H,36,37). The lowest BCUT2D eigenvalue weighted by Gasteiger charge is -2.11. The van der Waals surface area contributed by atoms with Gasteiger partial charge in [0.2, 0.25) is 0 Å². The van der Waals surface area contributed by atoms with Crippen LogP contribution in [-0.4, -0.2) is 41.7 Å². The Hall–Kier alpha value is -4.44. The van der Waals surface area contributed by atoms with Crippen LogP contribution in [0, 0.1) is 11.7 Å². The number of nitrogens with zero attached hydrogens (tertiary/aromatic N) is 5. The van der Waals surface area contributed by atoms with Gasteiger partial charge in [0, 0.05) is 41.8 Å². The number of rotatable bonds is 7. The zero-order valence-corrected chi connectivity index (χ0v) is 20.5. The molecule has 0 amide bonds. The maximum absolute atomic E-state index is 16.0. The molecule has 190 valence electrons. The van der Waals surface area contributed by atoms with Crippen molar-refractivity contribution in [2.24, 2.45) is 5.92 Å². The third-order valence-electron chi connectivity index (χ3n) is 7.30. The molecule has 1 fully saturated rings. The molecule has 6 aromatic rings. The van der Waals surface area contributed by atoms with Crippen LogP contribution in [0.25, 0.3) is 55.8 Å². The van der Waals surface area contributed by atoms with Gasteiger partial charge in [0.05, 0.1) is 41.3 Å². The van der Waals surface area contributed by atoms with Crippen molar-refractivity contribution in [3.05, 3.63) is 67.0 Å². The molecule has 0 aromatic carbocycles. The number of nitrogens with one attached hydrogen (secondary N) is 3. The molecule has 0 atom stereocenters. The Kier molecular flexibility index (Phi) is 5.66. The highest BCUT2D eigenvalue weighted by Crippen LogP contribution is 2.34. The number of hydrogen-bond acceptors (Lipinski definition) is 7. The number of pyridine rings is 3. The first-order valence-corrected chi connectivity index (χ1v) is 12.8. The Balaban J connectivity index is 1.23. The summed E-state index contributed by atoms with van der Waals surface area (Å²) in [5, 5.41) is 11.1. The SMILES string of the molecule is Fc1c(-c2cncc(CNCC3CCCC3)c2)ncc2[nH]nc(-c3nc4c(-c5ccoc5)cncc4[nH]3)c12. The summed E-state index contributed by atoms with van der Waals surface area (Å²) in [5.74, 6) is 0.706. The summed E-state index contributed by atoms with van der Waals surface area (Å²) >= 11 is 0. The molecule has 1 saturated carbocycles. The second-order valence-corrected chi connectivity index (χ2v) is 9.83. The predicted molar refractivity (Wildman–Crippen MR) is 141 cm³/mol. The molecule has 0 radical (unpaired) electrons. The Morgan fingerprint density at radius 1 is 1.00 bits per heavy atom. The van der Waals surface area contributed by atoms with Gasteiger partial charge < -0.3 is 14.7 Å². The minimum Gasteiger partial charge on any atom is -0.472 e. The van der Waals surface area contributed by atoms with Crippen molar-refractivity contribution in [3.63, 3.8) is 0 Å². The topological polar surface area (TPSA) is 121 Å². The Morgan fingerprint density at radius 3 is 2.76 bits per heavy atom. The first-order valence-electron chi connectivity index (χ1n) is 12.8. The Morgan fingerprint density at radius 2 is 1.89 bits per heavy atom. The van der Waals surface area contributed by atoms with Crippen LogP contribution in [-0.2, 0) is 6.54 Å². The molecule has 7 rings (SSSR count). The van der Waals surface area contributed by atoms with Crippen molar-refractivity contribution in [2.45, 2.75) is 32.2 Å². The van der Waals surface area contributed by atoms with E-state index in [4.69, 9.17) is 9.40 Å². The van der Waals surface area contributed by atoms with Gasteiger partial charge in [-0.05, 0) is 43.0 Å². The highest BCUT2D eigenvalue weighted by molar-refractivity contribution is 5.97. The fourth-order valence-electron chi connectivity index (χ4n) is 5.37. The minimum atomic E-state index is -0.474. The molecular weight excluding hydrogens is 483 g/mol. The normalized spacial score (nSPS) is 14.2. The van der Waals surface area contributed by atoms with Crippen molar-refractivity contribution in [1.29, 1.82) is 0 Å². The average molecular weight is 509 g/mol. The quantitative estimate of drug-likeness (QED) is 0.255. The molecular formula is C28H25FN8O. The summed E-state index contributed by atoms with van der Waals surface area (Å²) in [6, 6.07) is 3.79. The highest BCUT2D eigenvalue weighted by atomic mass is 19.1. The zero-order chi connectivity index (χ0) is 25.5. The van der Waals surface area contributed by atoms with Crippen LogP contribution in [0.15, 0.2) is 60.1 Å². The highest BCUT2D eigenvalue weighted by Gasteiger charge is 2.22. The van der Waals surface area contributed by atoms with E-state index in [0.29, 0.717) is 45.6 Å². The molecule has 38 heavy (non-hydrogen) atoms. The Bertz CT molecular complexity index is 1730. The largest absolute Gasteiger partial charge is 0.472 e. The first-order chi connectivity index (χ1) is 18.7. The van der Waals surface area contributed by atoms with Gasteiger partial charge in [0.1, 0.15) is 16.9 Å². The summed E-state index contributed by atoms with van der Waals surface area (Å²) in [6.45, 7) is 1.68. The van der Waals surface area contributed by atoms with Crippen LogP contribution in [0.3, 0.4) is 0 Å². The van der Waals surface area contributed by atoms with Gasteiger partial charge in [0.15, 0.2) is 11.6 Å². The van der Waals surface area contributed by atoms with E-state index in [1.807, 2.05) is 18.3 Å². The fourth-order valence-corrected chi connectivity index (χ4v) is 5.37. The first kappa shape index (κ1) is 22.7. The maximum Gasteiger partial charge on any atom is 0.161 e. The minimum absolute atomic E-state index is 0.224. The number of hydrogen-bond donors (Lipinski definition) is 3. The van der Waals surface area contributed by atoms with Gasteiger partial charge in [-0.3, -0.25) is 20.1 Å². The smallest absolute Gasteiger partial charge is 0.161 e. The van der Waals surface area contributed by atoms with E-state index in [1.54, 1.807) is 37.3 Å². The second-order valence-electron chi connectivity index (χ2n) is 9.83. The molecule has 6 aromatic heterocycles. The van der Waals surface area contributed by atoms with E-state index < -0.39 is 5.82 Å². The lowest BCUT2D eigenvalue weighted by atomic mass is 10.1. The molecule has 9 nitrogen and oxygen atoms in total. The van der Waals surface area contributed by atoms with Crippen LogP contribution >= 0.6 is 0 Å². The van der Waals surface area contributed by atoms with Gasteiger partial charge in [0.25, 0.3) is 0 Å². The van der Waals surface area contributed by atoms with Crippen LogP contribution in [0.1, 0.15) is 31.2 Å². The monoisotopic (exact) mass is 508 g/mol. The van der Waals surface area contributed by atoms with Crippen molar-refractivity contribution in [1.82, 2.24) is 40.4 Å². The van der Waals surface area contributed by atoms with Crippen LogP contribution in [0.2, 0.25) is 0 Å². The molecule has 0 unspecified atom stereocenters. The lowest BCUT2D eigenvalue weighted by molar-refractivity contribution is 0.489. The second kappa shape index (κ2) is 9.46. The van der Waals surface area contributed by atoms with Gasteiger partial charge in [-0.2, -0.15) is 5.10 Å². The summed E-state index contributed by atoms with van der Waals surface area (Å²) < 4.78 is 21.3. The van der Waals surface area contributed by atoms with E-state index in [9.17, 15) is 0 Å². The summed E-state index contributed by atoms with van der Waals surface area (Å²) in [6.07, 6.45) is 16.9. The predicted octanol–water partition coefficient (Wildman–Crippen LogP) is 5.64. The van der Waals surface area contributed by atoms with Gasteiger partial charge in [-0.1, -0.05) is 12.8 Å². The fraction of sp³-hybridized carbons (Fsp3) is 0.250. The van der Waals surface area contributed by atoms with Crippen molar-refractivity contribution in [3.8, 4) is 33.9 Å². The van der Waals surface area contributed by atoms with E-state index in [-0.39, 0.29) is 5.69 Å². The number of furan rings is 1. The van der Waals surface area contributed by atoms with E-state index in [0.717, 1.165) is 29.2 Å². The van der Waals surface area contributed by atoms with Crippen molar-refractivity contribution < 1.29 is 8.81 Å². The molecule has 1 aliphatic rings. The number of fused-ring (bicyclic) bond motifs is 2. The average Bonchev–Trinajstić information content (AvgIpc) is 3.75. The molecule has 3 N–H and O–H groups in total. The molecule has 1 aliphatic carbocycles. The van der Waals surface area contributed by atoms with E-state index >= 15 is 4.39 Å².